The normalized spacial score (nSPS) is 33.3. The van der Waals surface area contributed by atoms with Gasteiger partial charge in [-0.1, -0.05) is 23.7 Å². The number of carbonyl (C=O) groups is 1. The summed E-state index contributed by atoms with van der Waals surface area (Å²) in [5.41, 5.74) is 1.07. The Labute approximate surface area is 155 Å². The Kier molecular flexibility index (Phi) is 4.55. The molecule has 25 heavy (non-hydrogen) atoms. The van der Waals surface area contributed by atoms with Crippen molar-refractivity contribution < 1.29 is 9.53 Å². The van der Waals surface area contributed by atoms with E-state index in [0.29, 0.717) is 24.4 Å². The summed E-state index contributed by atoms with van der Waals surface area (Å²) in [5.74, 6) is 1.32. The predicted octanol–water partition coefficient (Wildman–Crippen LogP) is 2.84. The average Bonchev–Trinajstić information content (AvgIpc) is 3.22. The molecular weight excluding hydrogens is 336 g/mol. The minimum Gasteiger partial charge on any atom is -0.369 e. The zero-order chi connectivity index (χ0) is 17.6. The first-order valence-corrected chi connectivity index (χ1v) is 9.69. The van der Waals surface area contributed by atoms with Crippen LogP contribution in [0, 0.1) is 11.8 Å². The Bertz CT molecular complexity index is 665. The second-order valence-electron chi connectivity index (χ2n) is 8.20. The maximum absolute atomic E-state index is 12.8. The van der Waals surface area contributed by atoms with E-state index >= 15 is 0 Å². The van der Waals surface area contributed by atoms with Crippen molar-refractivity contribution in [2.24, 2.45) is 11.8 Å². The quantitative estimate of drug-likeness (QED) is 0.807. The highest BCUT2D eigenvalue weighted by Crippen LogP contribution is 2.54. The van der Waals surface area contributed by atoms with Crippen LogP contribution in [-0.2, 0) is 16.0 Å². The van der Waals surface area contributed by atoms with Crippen molar-refractivity contribution >= 4 is 17.5 Å². The van der Waals surface area contributed by atoms with Gasteiger partial charge in [0.1, 0.15) is 0 Å². The highest BCUT2D eigenvalue weighted by atomic mass is 35.5. The summed E-state index contributed by atoms with van der Waals surface area (Å²) in [6.07, 6.45) is 3.96. The molecule has 5 heteroatoms. The van der Waals surface area contributed by atoms with Crippen LogP contribution in [0.2, 0.25) is 5.02 Å². The van der Waals surface area contributed by atoms with E-state index in [1.54, 1.807) is 0 Å². The maximum Gasteiger partial charge on any atom is 0.223 e. The lowest BCUT2D eigenvalue weighted by atomic mass is 9.73. The number of likely N-dealkylation sites (tertiary alicyclic amines) is 1. The van der Waals surface area contributed by atoms with Crippen molar-refractivity contribution in [3.63, 3.8) is 0 Å². The molecule has 3 fully saturated rings. The highest BCUT2D eigenvalue weighted by Gasteiger charge is 2.63. The molecule has 1 amide bonds. The zero-order valence-corrected chi connectivity index (χ0v) is 15.8. The lowest BCUT2D eigenvalue weighted by Gasteiger charge is -2.30. The number of amides is 1. The number of ether oxygens (including phenoxy) is 1. The van der Waals surface area contributed by atoms with Crippen molar-refractivity contribution in [1.82, 2.24) is 9.80 Å². The zero-order valence-electron chi connectivity index (χ0n) is 15.1. The Morgan fingerprint density at radius 1 is 1.44 bits per heavy atom. The molecule has 1 spiro atoms. The average molecular weight is 363 g/mol. The van der Waals surface area contributed by atoms with Crippen LogP contribution in [0.25, 0.3) is 0 Å². The molecule has 4 rings (SSSR count). The van der Waals surface area contributed by atoms with Crippen LogP contribution in [0.15, 0.2) is 24.3 Å². The topological polar surface area (TPSA) is 32.8 Å². The van der Waals surface area contributed by atoms with E-state index in [2.05, 4.69) is 23.9 Å². The van der Waals surface area contributed by atoms with Gasteiger partial charge in [-0.15, -0.1) is 0 Å². The summed E-state index contributed by atoms with van der Waals surface area (Å²) in [7, 11) is 4.25. The van der Waals surface area contributed by atoms with Gasteiger partial charge in [-0.2, -0.15) is 0 Å². The van der Waals surface area contributed by atoms with Crippen LogP contribution in [0.5, 0.6) is 0 Å². The van der Waals surface area contributed by atoms with E-state index in [1.807, 2.05) is 24.3 Å². The van der Waals surface area contributed by atoms with Gasteiger partial charge in [0, 0.05) is 36.4 Å². The van der Waals surface area contributed by atoms with Gasteiger partial charge in [-0.05, 0) is 51.1 Å². The predicted molar refractivity (Wildman–Crippen MR) is 98.7 cm³/mol. The third-order valence-electron chi connectivity index (χ3n) is 6.23. The lowest BCUT2D eigenvalue weighted by Crippen LogP contribution is -2.40. The largest absolute Gasteiger partial charge is 0.369 e. The molecule has 0 aromatic heterocycles. The van der Waals surface area contributed by atoms with E-state index in [1.165, 1.54) is 0 Å². The molecule has 0 radical (unpaired) electrons. The molecule has 1 aromatic rings. The monoisotopic (exact) mass is 362 g/mol. The number of carbonyl (C=O) groups excluding carboxylic acids is 1. The molecular formula is C20H27ClN2O2. The molecule has 1 aromatic carbocycles. The molecule has 0 unspecified atom stereocenters. The number of rotatable bonds is 5. The van der Waals surface area contributed by atoms with Crippen molar-refractivity contribution in [3.8, 4) is 0 Å². The molecule has 0 aliphatic carbocycles. The van der Waals surface area contributed by atoms with E-state index in [-0.39, 0.29) is 11.5 Å². The molecule has 4 atom stereocenters. The molecule has 4 nitrogen and oxygen atoms in total. The number of nitrogens with zero attached hydrogens (tertiary/aromatic N) is 2. The molecule has 3 heterocycles. The number of fused-ring (bicyclic) bond motifs is 1. The Balaban J connectivity index is 1.39. The number of aryl methyl sites for hydroxylation is 1. The highest BCUT2D eigenvalue weighted by molar-refractivity contribution is 6.30. The van der Waals surface area contributed by atoms with Gasteiger partial charge in [0.25, 0.3) is 0 Å². The van der Waals surface area contributed by atoms with Crippen molar-refractivity contribution in [3.05, 3.63) is 34.9 Å². The van der Waals surface area contributed by atoms with Gasteiger partial charge in [-0.25, -0.2) is 0 Å². The van der Waals surface area contributed by atoms with Gasteiger partial charge in [0.05, 0.1) is 18.2 Å². The van der Waals surface area contributed by atoms with Gasteiger partial charge in [-0.3, -0.25) is 4.79 Å². The smallest absolute Gasteiger partial charge is 0.223 e. The standard InChI is InChI=1S/C20H27ClN2O2/c1-22(2)11-16-17-12-23(13-20(17)9-8-18(16)25-20)19(24)7-6-14-4-3-5-15(21)10-14/h3-5,10,16-18H,6-9,11-13H2,1-2H3/t16-,17+,18+,20+/m0/s1. The van der Waals surface area contributed by atoms with Crippen LogP contribution < -0.4 is 0 Å². The van der Waals surface area contributed by atoms with E-state index in [9.17, 15) is 4.79 Å². The van der Waals surface area contributed by atoms with Crippen LogP contribution in [0.3, 0.4) is 0 Å². The third-order valence-corrected chi connectivity index (χ3v) is 6.46. The summed E-state index contributed by atoms with van der Waals surface area (Å²) >= 11 is 6.04. The van der Waals surface area contributed by atoms with Gasteiger partial charge in [0.2, 0.25) is 5.91 Å². The van der Waals surface area contributed by atoms with Crippen LogP contribution >= 0.6 is 11.6 Å². The van der Waals surface area contributed by atoms with Crippen LogP contribution in [-0.4, -0.2) is 61.1 Å². The Hall–Kier alpha value is -1.10. The van der Waals surface area contributed by atoms with E-state index in [0.717, 1.165) is 49.5 Å². The minimum absolute atomic E-state index is 0.0585. The fourth-order valence-corrected chi connectivity index (χ4v) is 5.36. The van der Waals surface area contributed by atoms with Crippen molar-refractivity contribution in [2.45, 2.75) is 37.4 Å². The first-order chi connectivity index (χ1) is 12.0. The van der Waals surface area contributed by atoms with E-state index < -0.39 is 0 Å². The summed E-state index contributed by atoms with van der Waals surface area (Å²) in [5, 5.41) is 0.733. The molecule has 3 aliphatic heterocycles. The van der Waals surface area contributed by atoms with E-state index in [4.69, 9.17) is 16.3 Å². The van der Waals surface area contributed by atoms with Crippen LogP contribution in [0.1, 0.15) is 24.8 Å². The van der Waals surface area contributed by atoms with Gasteiger partial charge >= 0.3 is 0 Å². The second kappa shape index (κ2) is 6.57. The van der Waals surface area contributed by atoms with Crippen molar-refractivity contribution in [1.29, 1.82) is 0 Å². The number of hydrogen-bond acceptors (Lipinski definition) is 3. The number of benzene rings is 1. The maximum atomic E-state index is 12.8. The van der Waals surface area contributed by atoms with Gasteiger partial charge < -0.3 is 14.5 Å². The second-order valence-corrected chi connectivity index (χ2v) is 8.63. The summed E-state index contributed by atoms with van der Waals surface area (Å²) < 4.78 is 6.42. The van der Waals surface area contributed by atoms with Crippen LogP contribution in [0.4, 0.5) is 0 Å². The first-order valence-electron chi connectivity index (χ1n) is 9.32. The SMILES string of the molecule is CN(C)C[C@H]1[C@H]2CN(C(=O)CCc3cccc(Cl)c3)C[C@]23CC[C@H]1O3. The fourth-order valence-electron chi connectivity index (χ4n) is 5.15. The van der Waals surface area contributed by atoms with Crippen molar-refractivity contribution in [2.75, 3.05) is 33.7 Å². The molecule has 3 saturated heterocycles. The molecule has 0 N–H and O–H groups in total. The Morgan fingerprint density at radius 2 is 2.28 bits per heavy atom. The molecule has 2 bridgehead atoms. The summed E-state index contributed by atoms with van der Waals surface area (Å²) in [6.45, 7) is 2.71. The molecule has 136 valence electrons. The summed E-state index contributed by atoms with van der Waals surface area (Å²) in [6, 6.07) is 7.80. The minimum atomic E-state index is -0.0585. The fraction of sp³-hybridized carbons (Fsp3) is 0.650. The Morgan fingerprint density at radius 3 is 3.04 bits per heavy atom. The number of halogens is 1. The first kappa shape index (κ1) is 17.3. The van der Waals surface area contributed by atoms with Gasteiger partial charge in [0.15, 0.2) is 0 Å². The molecule has 3 aliphatic rings. The number of hydrogen-bond donors (Lipinski definition) is 0. The lowest BCUT2D eigenvalue weighted by molar-refractivity contribution is -0.131. The molecule has 0 saturated carbocycles. The third kappa shape index (κ3) is 3.20. The summed E-state index contributed by atoms with van der Waals surface area (Å²) in [4.78, 5) is 17.1.